The number of pyridine rings is 1. The SMILES string of the molecule is COc1cc([C@H]2CO2)cnc1NC(=O)OCc1ccccc1. The third-order valence-electron chi connectivity index (χ3n) is 3.23. The van der Waals surface area contributed by atoms with Gasteiger partial charge in [-0.1, -0.05) is 30.3 Å². The molecular formula is C16H16N2O4. The first kappa shape index (κ1) is 14.3. The molecular weight excluding hydrogens is 284 g/mol. The normalized spacial score (nSPS) is 16.0. The first-order valence-electron chi connectivity index (χ1n) is 6.89. The maximum absolute atomic E-state index is 11.8. The van der Waals surface area contributed by atoms with E-state index in [1.54, 1.807) is 12.3 Å². The Balaban J connectivity index is 1.61. The lowest BCUT2D eigenvalue weighted by molar-refractivity contribution is 0.155. The summed E-state index contributed by atoms with van der Waals surface area (Å²) in [6, 6.07) is 11.3. The first-order chi connectivity index (χ1) is 10.8. The number of epoxide rings is 1. The number of aromatic nitrogens is 1. The maximum atomic E-state index is 11.8. The van der Waals surface area contributed by atoms with Crippen molar-refractivity contribution < 1.29 is 19.0 Å². The highest BCUT2D eigenvalue weighted by Crippen LogP contribution is 2.33. The van der Waals surface area contributed by atoms with Crippen molar-refractivity contribution in [2.24, 2.45) is 0 Å². The fourth-order valence-corrected chi connectivity index (χ4v) is 1.98. The molecule has 1 saturated heterocycles. The molecule has 0 aliphatic carbocycles. The van der Waals surface area contributed by atoms with Crippen molar-refractivity contribution in [2.75, 3.05) is 19.0 Å². The van der Waals surface area contributed by atoms with E-state index in [4.69, 9.17) is 14.2 Å². The fourth-order valence-electron chi connectivity index (χ4n) is 1.98. The third-order valence-corrected chi connectivity index (χ3v) is 3.23. The van der Waals surface area contributed by atoms with Crippen LogP contribution in [-0.4, -0.2) is 24.8 Å². The Morgan fingerprint density at radius 3 is 2.86 bits per heavy atom. The molecule has 2 aromatic rings. The molecule has 0 spiro atoms. The van der Waals surface area contributed by atoms with E-state index < -0.39 is 6.09 Å². The van der Waals surface area contributed by atoms with Gasteiger partial charge in [-0.05, 0) is 11.6 Å². The molecule has 0 saturated carbocycles. The molecule has 0 radical (unpaired) electrons. The Morgan fingerprint density at radius 2 is 2.18 bits per heavy atom. The van der Waals surface area contributed by atoms with Gasteiger partial charge >= 0.3 is 6.09 Å². The van der Waals surface area contributed by atoms with Gasteiger partial charge in [-0.2, -0.15) is 0 Å². The lowest BCUT2D eigenvalue weighted by Crippen LogP contribution is -2.15. The number of nitrogens with one attached hydrogen (secondary N) is 1. The van der Waals surface area contributed by atoms with Crippen LogP contribution < -0.4 is 10.1 Å². The molecule has 0 unspecified atom stereocenters. The van der Waals surface area contributed by atoms with Gasteiger partial charge in [0.05, 0.1) is 13.7 Å². The summed E-state index contributed by atoms with van der Waals surface area (Å²) in [5.41, 5.74) is 1.85. The predicted molar refractivity (Wildman–Crippen MR) is 79.7 cm³/mol. The quantitative estimate of drug-likeness (QED) is 0.859. The van der Waals surface area contributed by atoms with E-state index in [1.165, 1.54) is 7.11 Å². The molecule has 1 aromatic carbocycles. The van der Waals surface area contributed by atoms with Crippen LogP contribution in [-0.2, 0) is 16.1 Å². The second kappa shape index (κ2) is 6.44. The first-order valence-corrected chi connectivity index (χ1v) is 6.89. The van der Waals surface area contributed by atoms with E-state index in [0.29, 0.717) is 18.2 Å². The average molecular weight is 300 g/mol. The van der Waals surface area contributed by atoms with Gasteiger partial charge in [0.2, 0.25) is 0 Å². The van der Waals surface area contributed by atoms with Crippen molar-refractivity contribution in [3.63, 3.8) is 0 Å². The molecule has 1 N–H and O–H groups in total. The molecule has 114 valence electrons. The van der Waals surface area contributed by atoms with E-state index in [-0.39, 0.29) is 12.7 Å². The molecule has 2 heterocycles. The number of nitrogens with zero attached hydrogens (tertiary/aromatic N) is 1. The molecule has 1 aliphatic rings. The minimum absolute atomic E-state index is 0.0838. The number of amides is 1. The van der Waals surface area contributed by atoms with Crippen molar-refractivity contribution in [1.82, 2.24) is 4.98 Å². The van der Waals surface area contributed by atoms with Crippen LogP contribution in [0.15, 0.2) is 42.6 Å². The Labute approximate surface area is 128 Å². The van der Waals surface area contributed by atoms with Gasteiger partial charge in [0.25, 0.3) is 0 Å². The number of carbonyl (C=O) groups is 1. The van der Waals surface area contributed by atoms with Crippen molar-refractivity contribution in [3.05, 3.63) is 53.7 Å². The number of anilines is 1. The number of benzene rings is 1. The van der Waals surface area contributed by atoms with Crippen LogP contribution in [0, 0.1) is 0 Å². The Bertz CT molecular complexity index is 656. The lowest BCUT2D eigenvalue weighted by Gasteiger charge is -2.10. The Morgan fingerprint density at radius 1 is 1.41 bits per heavy atom. The second-order valence-corrected chi connectivity index (χ2v) is 4.83. The molecule has 6 heteroatoms. The van der Waals surface area contributed by atoms with E-state index in [9.17, 15) is 4.79 Å². The van der Waals surface area contributed by atoms with Crippen molar-refractivity contribution >= 4 is 11.9 Å². The zero-order chi connectivity index (χ0) is 15.4. The molecule has 1 fully saturated rings. The highest BCUT2D eigenvalue weighted by Gasteiger charge is 2.26. The van der Waals surface area contributed by atoms with Gasteiger partial charge in [0.1, 0.15) is 12.7 Å². The summed E-state index contributed by atoms with van der Waals surface area (Å²) in [4.78, 5) is 16.0. The summed E-state index contributed by atoms with van der Waals surface area (Å²) >= 11 is 0. The van der Waals surface area contributed by atoms with Gasteiger partial charge in [-0.25, -0.2) is 9.78 Å². The molecule has 6 nitrogen and oxygen atoms in total. The Hall–Kier alpha value is -2.60. The van der Waals surface area contributed by atoms with Crippen molar-refractivity contribution in [3.8, 4) is 5.75 Å². The van der Waals surface area contributed by atoms with Crippen LogP contribution >= 0.6 is 0 Å². The standard InChI is InChI=1S/C16H16N2O4/c1-20-13-7-12(14-10-21-14)8-17-15(13)18-16(19)22-9-11-5-3-2-4-6-11/h2-8,14H,9-10H2,1H3,(H,17,18,19)/t14-/m1/s1. The zero-order valence-corrected chi connectivity index (χ0v) is 12.1. The van der Waals surface area contributed by atoms with Crippen molar-refractivity contribution in [2.45, 2.75) is 12.7 Å². The number of rotatable bonds is 5. The smallest absolute Gasteiger partial charge is 0.413 e. The van der Waals surface area contributed by atoms with Gasteiger partial charge < -0.3 is 14.2 Å². The van der Waals surface area contributed by atoms with Gasteiger partial charge in [0, 0.05) is 11.8 Å². The maximum Gasteiger partial charge on any atom is 0.413 e. The summed E-state index contributed by atoms with van der Waals surface area (Å²) in [6.45, 7) is 0.889. The zero-order valence-electron chi connectivity index (χ0n) is 12.1. The molecule has 0 bridgehead atoms. The number of methoxy groups -OCH3 is 1. The second-order valence-electron chi connectivity index (χ2n) is 4.83. The summed E-state index contributed by atoms with van der Waals surface area (Å²) in [6.07, 6.45) is 1.16. The predicted octanol–water partition coefficient (Wildman–Crippen LogP) is 2.91. The van der Waals surface area contributed by atoms with Crippen LogP contribution in [0.3, 0.4) is 0 Å². The van der Waals surface area contributed by atoms with Gasteiger partial charge in [-0.15, -0.1) is 0 Å². The number of ether oxygens (including phenoxy) is 3. The topological polar surface area (TPSA) is 73.0 Å². The minimum Gasteiger partial charge on any atom is -0.493 e. The molecule has 22 heavy (non-hydrogen) atoms. The average Bonchev–Trinajstić information content (AvgIpc) is 3.39. The highest BCUT2D eigenvalue weighted by molar-refractivity contribution is 5.85. The molecule has 1 atom stereocenters. The molecule has 1 amide bonds. The molecule has 1 aliphatic heterocycles. The summed E-state index contributed by atoms with van der Waals surface area (Å²) in [5.74, 6) is 0.801. The van der Waals surface area contributed by atoms with Crippen LogP contribution in [0.25, 0.3) is 0 Å². The number of hydrogen-bond acceptors (Lipinski definition) is 5. The van der Waals surface area contributed by atoms with Crippen LogP contribution in [0.2, 0.25) is 0 Å². The minimum atomic E-state index is -0.579. The summed E-state index contributed by atoms with van der Waals surface area (Å²) < 4.78 is 15.6. The van der Waals surface area contributed by atoms with Crippen molar-refractivity contribution in [1.29, 1.82) is 0 Å². The summed E-state index contributed by atoms with van der Waals surface area (Å²) in [5, 5.41) is 2.58. The Kier molecular flexibility index (Phi) is 4.20. The highest BCUT2D eigenvalue weighted by atomic mass is 16.6. The van der Waals surface area contributed by atoms with Crippen LogP contribution in [0.4, 0.5) is 10.6 Å². The molecule has 1 aromatic heterocycles. The van der Waals surface area contributed by atoms with E-state index in [1.807, 2.05) is 30.3 Å². The number of hydrogen-bond donors (Lipinski definition) is 1. The number of carbonyl (C=O) groups excluding carboxylic acids is 1. The monoisotopic (exact) mass is 300 g/mol. The van der Waals surface area contributed by atoms with E-state index in [0.717, 1.165) is 11.1 Å². The van der Waals surface area contributed by atoms with E-state index in [2.05, 4.69) is 10.3 Å². The van der Waals surface area contributed by atoms with Gasteiger partial charge in [0.15, 0.2) is 11.6 Å². The van der Waals surface area contributed by atoms with Crippen LogP contribution in [0.1, 0.15) is 17.2 Å². The van der Waals surface area contributed by atoms with E-state index >= 15 is 0 Å². The fraction of sp³-hybridized carbons (Fsp3) is 0.250. The molecule has 3 rings (SSSR count). The van der Waals surface area contributed by atoms with Gasteiger partial charge in [-0.3, -0.25) is 5.32 Å². The lowest BCUT2D eigenvalue weighted by atomic mass is 10.2. The third kappa shape index (κ3) is 3.53. The summed E-state index contributed by atoms with van der Waals surface area (Å²) in [7, 11) is 1.52. The largest absolute Gasteiger partial charge is 0.493 e. The van der Waals surface area contributed by atoms with Crippen LogP contribution in [0.5, 0.6) is 5.75 Å².